The predicted molar refractivity (Wildman–Crippen MR) is 90.0 cm³/mol. The quantitative estimate of drug-likeness (QED) is 0.702. The number of ether oxygens (including phenoxy) is 1. The Labute approximate surface area is 151 Å². The van der Waals surface area contributed by atoms with Crippen LogP contribution in [0.25, 0.3) is 10.9 Å². The van der Waals surface area contributed by atoms with E-state index in [4.69, 9.17) is 9.84 Å². The molecule has 0 amide bonds. The van der Waals surface area contributed by atoms with Crippen LogP contribution in [-0.2, 0) is 22.4 Å². The van der Waals surface area contributed by atoms with Gasteiger partial charge in [-0.3, -0.25) is 0 Å². The molecule has 1 aromatic carbocycles. The van der Waals surface area contributed by atoms with Gasteiger partial charge >= 0.3 is 11.9 Å². The smallest absolute Gasteiger partial charge is 0.334 e. The van der Waals surface area contributed by atoms with E-state index in [0.29, 0.717) is 43.3 Å². The molecule has 9 heteroatoms. The van der Waals surface area contributed by atoms with Crippen LogP contribution in [0.15, 0.2) is 17.7 Å². The van der Waals surface area contributed by atoms with Crippen molar-refractivity contribution in [1.82, 2.24) is 9.88 Å². The fraction of sp³-hybridized carbons (Fsp3) is 0.333. The van der Waals surface area contributed by atoms with Gasteiger partial charge < -0.3 is 24.8 Å². The van der Waals surface area contributed by atoms with Gasteiger partial charge in [0.1, 0.15) is 18.4 Å². The second-order valence-electron chi connectivity index (χ2n) is 6.51. The van der Waals surface area contributed by atoms with Gasteiger partial charge in [0.15, 0.2) is 11.6 Å². The lowest BCUT2D eigenvalue weighted by molar-refractivity contribution is -0.135. The summed E-state index contributed by atoms with van der Waals surface area (Å²) >= 11 is 0. The Bertz CT molecular complexity index is 1010. The second kappa shape index (κ2) is 6.34. The Morgan fingerprint density at radius 2 is 2.00 bits per heavy atom. The van der Waals surface area contributed by atoms with Gasteiger partial charge in [-0.15, -0.1) is 0 Å². The van der Waals surface area contributed by atoms with Crippen molar-refractivity contribution in [1.29, 1.82) is 0 Å². The number of hydrogen-bond acceptors (Lipinski definition) is 4. The fourth-order valence-electron chi connectivity index (χ4n) is 3.98. The van der Waals surface area contributed by atoms with E-state index < -0.39 is 29.6 Å². The van der Waals surface area contributed by atoms with Crippen LogP contribution >= 0.6 is 0 Å². The van der Waals surface area contributed by atoms with E-state index in [2.05, 4.69) is 5.32 Å². The molecule has 1 aromatic heterocycles. The van der Waals surface area contributed by atoms with Gasteiger partial charge in [-0.05, 0) is 18.5 Å². The monoisotopic (exact) mass is 378 g/mol. The third-order valence-electron chi connectivity index (χ3n) is 5.02. The normalized spacial score (nSPS) is 19.3. The highest BCUT2D eigenvalue weighted by Gasteiger charge is 2.36. The number of rotatable bonds is 3. The van der Waals surface area contributed by atoms with Crippen molar-refractivity contribution in [3.05, 3.63) is 40.6 Å². The molecular formula is C18H16F2N2O5. The molecule has 142 valence electrons. The third kappa shape index (κ3) is 2.66. The van der Waals surface area contributed by atoms with E-state index in [1.165, 1.54) is 0 Å². The molecule has 0 aliphatic carbocycles. The number of carboxylic acid groups (broad SMARTS) is 2. The molecule has 0 bridgehead atoms. The summed E-state index contributed by atoms with van der Waals surface area (Å²) in [7, 11) is 0. The maximum absolute atomic E-state index is 14.7. The summed E-state index contributed by atoms with van der Waals surface area (Å²) < 4.78 is 35.9. The van der Waals surface area contributed by atoms with Crippen LogP contribution in [0, 0.1) is 11.6 Å². The van der Waals surface area contributed by atoms with E-state index in [1.54, 1.807) is 4.57 Å². The van der Waals surface area contributed by atoms with Crippen LogP contribution in [-0.4, -0.2) is 46.4 Å². The number of aromatic nitrogens is 1. The summed E-state index contributed by atoms with van der Waals surface area (Å²) in [6, 6.07) is -0.0103. The van der Waals surface area contributed by atoms with E-state index in [1.807, 2.05) is 0 Å². The van der Waals surface area contributed by atoms with Crippen LogP contribution in [0.4, 0.5) is 8.78 Å². The van der Waals surface area contributed by atoms with Crippen molar-refractivity contribution in [3.8, 4) is 5.75 Å². The molecule has 4 rings (SSSR count). The van der Waals surface area contributed by atoms with E-state index >= 15 is 0 Å². The zero-order valence-corrected chi connectivity index (χ0v) is 14.1. The third-order valence-corrected chi connectivity index (χ3v) is 5.02. The predicted octanol–water partition coefficient (Wildman–Crippen LogP) is 1.64. The van der Waals surface area contributed by atoms with Gasteiger partial charge in [-0.2, -0.15) is 0 Å². The van der Waals surface area contributed by atoms with Crippen LogP contribution < -0.4 is 10.1 Å². The number of fused-ring (bicyclic) bond motifs is 3. The van der Waals surface area contributed by atoms with E-state index in [0.717, 1.165) is 6.07 Å². The molecule has 2 aliphatic rings. The molecule has 0 radical (unpaired) electrons. The Kier molecular flexibility index (Phi) is 4.11. The molecule has 3 heterocycles. The largest absolute Gasteiger partial charge is 0.489 e. The zero-order chi connectivity index (χ0) is 19.3. The maximum Gasteiger partial charge on any atom is 0.334 e. The highest BCUT2D eigenvalue weighted by Crippen LogP contribution is 2.43. The minimum Gasteiger partial charge on any atom is -0.489 e. The van der Waals surface area contributed by atoms with Gasteiger partial charge in [-0.1, -0.05) is 0 Å². The molecule has 2 aliphatic heterocycles. The number of halogens is 2. The molecule has 1 unspecified atom stereocenters. The molecule has 0 spiro atoms. The molecular weight excluding hydrogens is 362 g/mol. The van der Waals surface area contributed by atoms with E-state index in [9.17, 15) is 23.5 Å². The van der Waals surface area contributed by atoms with Crippen molar-refractivity contribution >= 4 is 22.8 Å². The molecule has 27 heavy (non-hydrogen) atoms. The Morgan fingerprint density at radius 3 is 2.70 bits per heavy atom. The number of aliphatic carboxylic acids is 2. The molecule has 0 saturated carbocycles. The van der Waals surface area contributed by atoms with Gasteiger partial charge in [0.25, 0.3) is 0 Å². The van der Waals surface area contributed by atoms with E-state index in [-0.39, 0.29) is 28.8 Å². The molecule has 7 nitrogen and oxygen atoms in total. The van der Waals surface area contributed by atoms with Crippen molar-refractivity contribution in [2.24, 2.45) is 0 Å². The van der Waals surface area contributed by atoms with Crippen LogP contribution in [0.2, 0.25) is 0 Å². The Hall–Kier alpha value is -2.94. The van der Waals surface area contributed by atoms with Crippen molar-refractivity contribution in [2.45, 2.75) is 18.9 Å². The Balaban J connectivity index is 2.06. The minimum absolute atomic E-state index is 0.0773. The number of carboxylic acids is 2. The summed E-state index contributed by atoms with van der Waals surface area (Å²) in [6.07, 6.45) is 1.53. The summed E-state index contributed by atoms with van der Waals surface area (Å²) in [5.74, 6) is -4.72. The summed E-state index contributed by atoms with van der Waals surface area (Å²) in [6.45, 7) is 0.966. The van der Waals surface area contributed by atoms with Gasteiger partial charge in [0, 0.05) is 36.2 Å². The summed E-state index contributed by atoms with van der Waals surface area (Å²) in [5, 5.41) is 21.8. The molecule has 1 atom stereocenters. The van der Waals surface area contributed by atoms with Crippen LogP contribution in [0.5, 0.6) is 5.75 Å². The average molecular weight is 378 g/mol. The lowest BCUT2D eigenvalue weighted by Gasteiger charge is -2.28. The molecule has 0 saturated heterocycles. The first-order valence-corrected chi connectivity index (χ1v) is 8.45. The molecule has 3 N–H and O–H groups in total. The van der Waals surface area contributed by atoms with Crippen LogP contribution in [0.3, 0.4) is 0 Å². The number of nitrogens with one attached hydrogen (secondary N) is 1. The maximum atomic E-state index is 14.7. The lowest BCUT2D eigenvalue weighted by Crippen LogP contribution is -2.29. The van der Waals surface area contributed by atoms with Crippen molar-refractivity contribution in [2.75, 3.05) is 19.7 Å². The standard InChI is InChI=1S/C18H16F2N2O5/c19-10-6-13-17-15(16(10)20)8-1-3-21-4-2-11(8)22(17)12(7-27-13)9(18(25)26)5-14(23)24/h5-6,12,21H,1-4,7H2,(H,23,24)(H,25,26)/b9-5-. The number of hydrogen-bond donors (Lipinski definition) is 3. The van der Waals surface area contributed by atoms with Crippen LogP contribution in [0.1, 0.15) is 17.3 Å². The first-order valence-electron chi connectivity index (χ1n) is 8.45. The summed E-state index contributed by atoms with van der Waals surface area (Å²) in [4.78, 5) is 22.8. The highest BCUT2D eigenvalue weighted by molar-refractivity contribution is 5.97. The molecule has 2 aromatic rings. The molecule has 0 fully saturated rings. The summed E-state index contributed by atoms with van der Waals surface area (Å²) in [5.41, 5.74) is 1.17. The average Bonchev–Trinajstić information content (AvgIpc) is 2.77. The Morgan fingerprint density at radius 1 is 1.26 bits per heavy atom. The van der Waals surface area contributed by atoms with Crippen molar-refractivity contribution in [3.63, 3.8) is 0 Å². The van der Waals surface area contributed by atoms with Gasteiger partial charge in [0.05, 0.1) is 11.1 Å². The van der Waals surface area contributed by atoms with Gasteiger partial charge in [0.2, 0.25) is 0 Å². The highest BCUT2D eigenvalue weighted by atomic mass is 19.2. The van der Waals surface area contributed by atoms with Crippen molar-refractivity contribution < 1.29 is 33.3 Å². The second-order valence-corrected chi connectivity index (χ2v) is 6.51. The topological polar surface area (TPSA) is 101 Å². The number of carbonyl (C=O) groups is 2. The lowest BCUT2D eigenvalue weighted by atomic mass is 10.0. The first-order chi connectivity index (χ1) is 12.9. The minimum atomic E-state index is -1.40. The first kappa shape index (κ1) is 17.5. The van der Waals surface area contributed by atoms with Gasteiger partial charge in [-0.25, -0.2) is 18.4 Å². The number of nitrogens with zero attached hydrogens (tertiary/aromatic N) is 1. The number of benzene rings is 1. The fourth-order valence-corrected chi connectivity index (χ4v) is 3.98. The SMILES string of the molecule is O=C(O)/C=C(\C(=O)O)C1COc2cc(F)c(F)c3c4c(n1c23)CCNCC4. The zero-order valence-electron chi connectivity index (χ0n) is 14.1.